The predicted molar refractivity (Wildman–Crippen MR) is 140 cm³/mol. The third kappa shape index (κ3) is 9.84. The number of hydrogen-bond acceptors (Lipinski definition) is 6. The van der Waals surface area contributed by atoms with Crippen molar-refractivity contribution in [3.05, 3.63) is 71.0 Å². The average Bonchev–Trinajstić information content (AvgIpc) is 2.85. The maximum Gasteiger partial charge on any atom is 0.408 e. The Kier molecular flexibility index (Phi) is 11.2. The summed E-state index contributed by atoms with van der Waals surface area (Å²) < 4.78 is 23.8. The minimum Gasteiger partial charge on any atom is -0.469 e. The molecule has 0 fully saturated rings. The van der Waals surface area contributed by atoms with Crippen LogP contribution in [0.5, 0.6) is 0 Å². The first-order valence-corrected chi connectivity index (χ1v) is 12.4. The topological polar surface area (TPSA) is 123 Å². The van der Waals surface area contributed by atoms with E-state index in [-0.39, 0.29) is 24.4 Å². The highest BCUT2D eigenvalue weighted by atomic mass is 19.1. The van der Waals surface area contributed by atoms with Gasteiger partial charge in [0.15, 0.2) is 0 Å². The van der Waals surface area contributed by atoms with Gasteiger partial charge in [-0.25, -0.2) is 9.18 Å². The largest absolute Gasteiger partial charge is 0.469 e. The van der Waals surface area contributed by atoms with Gasteiger partial charge in [-0.1, -0.05) is 37.6 Å². The normalized spacial score (nSPS) is 12.6. The standard InChI is InChI=1S/C28H36FN3O6/c1-6-8-22(18-11-13-19(14-12-18)25(34)30-16-15-23(33)37-5)31-26(35)24(20-9-7-10-21(29)17-20)32-27(36)38-28(2,3)4/h7,9-14,17,22,24H,6,8,15-16H2,1-5H3,(H,30,34)(H,31,35)(H,32,36). The Hall–Kier alpha value is -3.95. The van der Waals surface area contributed by atoms with Gasteiger partial charge in [-0.2, -0.15) is 0 Å². The summed E-state index contributed by atoms with van der Waals surface area (Å²) in [7, 11) is 1.28. The maximum absolute atomic E-state index is 14.0. The third-order valence-electron chi connectivity index (χ3n) is 5.42. The van der Waals surface area contributed by atoms with Crippen LogP contribution in [0.2, 0.25) is 0 Å². The van der Waals surface area contributed by atoms with Crippen LogP contribution in [0.1, 0.15) is 80.5 Å². The summed E-state index contributed by atoms with van der Waals surface area (Å²) in [6.07, 6.45) is 0.578. The van der Waals surface area contributed by atoms with Crippen molar-refractivity contribution in [1.82, 2.24) is 16.0 Å². The molecule has 0 heterocycles. The summed E-state index contributed by atoms with van der Waals surface area (Å²) in [6, 6.07) is 10.5. The molecular weight excluding hydrogens is 493 g/mol. The Morgan fingerprint density at radius 1 is 0.974 bits per heavy atom. The second-order valence-electron chi connectivity index (χ2n) is 9.69. The van der Waals surface area contributed by atoms with Gasteiger partial charge < -0.3 is 25.4 Å². The van der Waals surface area contributed by atoms with Crippen molar-refractivity contribution in [2.24, 2.45) is 0 Å². The number of amides is 3. The Morgan fingerprint density at radius 2 is 1.66 bits per heavy atom. The number of carbonyl (C=O) groups excluding carboxylic acids is 4. The summed E-state index contributed by atoms with van der Waals surface area (Å²) in [5, 5.41) is 8.13. The average molecular weight is 530 g/mol. The van der Waals surface area contributed by atoms with E-state index >= 15 is 0 Å². The van der Waals surface area contributed by atoms with Gasteiger partial charge in [-0.15, -0.1) is 0 Å². The van der Waals surface area contributed by atoms with E-state index in [0.717, 1.165) is 12.0 Å². The number of ether oxygens (including phenoxy) is 2. The molecule has 0 aliphatic carbocycles. The number of esters is 1. The minimum absolute atomic E-state index is 0.0642. The van der Waals surface area contributed by atoms with E-state index in [1.165, 1.54) is 25.3 Å². The number of alkyl carbamates (subject to hydrolysis) is 1. The zero-order valence-electron chi connectivity index (χ0n) is 22.4. The molecule has 9 nitrogen and oxygen atoms in total. The van der Waals surface area contributed by atoms with E-state index < -0.39 is 41.5 Å². The Balaban J connectivity index is 2.19. The molecule has 206 valence electrons. The third-order valence-corrected chi connectivity index (χ3v) is 5.42. The van der Waals surface area contributed by atoms with Crippen LogP contribution in [0, 0.1) is 5.82 Å². The van der Waals surface area contributed by atoms with E-state index in [4.69, 9.17) is 4.74 Å². The Bertz CT molecular complexity index is 1110. The van der Waals surface area contributed by atoms with Crippen LogP contribution in [0.15, 0.2) is 48.5 Å². The van der Waals surface area contributed by atoms with Gasteiger partial charge in [-0.3, -0.25) is 14.4 Å². The van der Waals surface area contributed by atoms with Crippen LogP contribution in [-0.4, -0.2) is 43.1 Å². The molecule has 0 aromatic heterocycles. The van der Waals surface area contributed by atoms with Crippen LogP contribution in [0.25, 0.3) is 0 Å². The summed E-state index contributed by atoms with van der Waals surface area (Å²) in [4.78, 5) is 49.4. The quantitative estimate of drug-likeness (QED) is 0.372. The van der Waals surface area contributed by atoms with Crippen molar-refractivity contribution in [2.75, 3.05) is 13.7 Å². The lowest BCUT2D eigenvalue weighted by atomic mass is 9.99. The number of carbonyl (C=O) groups is 4. The van der Waals surface area contributed by atoms with E-state index in [1.54, 1.807) is 51.1 Å². The molecule has 0 bridgehead atoms. The maximum atomic E-state index is 14.0. The second kappa shape index (κ2) is 14.1. The molecule has 0 spiro atoms. The zero-order chi connectivity index (χ0) is 28.3. The van der Waals surface area contributed by atoms with Gasteiger partial charge >= 0.3 is 12.1 Å². The molecule has 0 aliphatic heterocycles. The van der Waals surface area contributed by atoms with Crippen molar-refractivity contribution >= 4 is 23.9 Å². The monoisotopic (exact) mass is 529 g/mol. The van der Waals surface area contributed by atoms with E-state index in [1.807, 2.05) is 6.92 Å². The molecule has 2 rings (SSSR count). The molecular formula is C28H36FN3O6. The lowest BCUT2D eigenvalue weighted by molar-refractivity contribution is -0.140. The molecule has 2 unspecified atom stereocenters. The first-order valence-electron chi connectivity index (χ1n) is 12.4. The minimum atomic E-state index is -1.19. The fourth-order valence-corrected chi connectivity index (χ4v) is 3.63. The predicted octanol–water partition coefficient (Wildman–Crippen LogP) is 4.34. The molecule has 0 saturated carbocycles. The lowest BCUT2D eigenvalue weighted by Crippen LogP contribution is -2.43. The van der Waals surface area contributed by atoms with Crippen molar-refractivity contribution in [1.29, 1.82) is 0 Å². The first-order chi connectivity index (χ1) is 17.9. The second-order valence-corrected chi connectivity index (χ2v) is 9.69. The first kappa shape index (κ1) is 30.3. The number of methoxy groups -OCH3 is 1. The molecule has 0 aliphatic rings. The van der Waals surface area contributed by atoms with Gasteiger partial charge in [0.25, 0.3) is 5.91 Å². The zero-order valence-corrected chi connectivity index (χ0v) is 22.4. The van der Waals surface area contributed by atoms with Gasteiger partial charge in [0.1, 0.15) is 17.5 Å². The van der Waals surface area contributed by atoms with Crippen LogP contribution >= 0.6 is 0 Å². The van der Waals surface area contributed by atoms with Gasteiger partial charge in [-0.05, 0) is 62.6 Å². The highest BCUT2D eigenvalue weighted by Gasteiger charge is 2.28. The summed E-state index contributed by atoms with van der Waals surface area (Å²) >= 11 is 0. The van der Waals surface area contributed by atoms with E-state index in [9.17, 15) is 23.6 Å². The smallest absolute Gasteiger partial charge is 0.408 e. The molecule has 10 heteroatoms. The lowest BCUT2D eigenvalue weighted by Gasteiger charge is -2.26. The van der Waals surface area contributed by atoms with Crippen LogP contribution in [0.3, 0.4) is 0 Å². The Morgan fingerprint density at radius 3 is 2.24 bits per heavy atom. The number of rotatable bonds is 11. The Labute approximate surface area is 222 Å². The van der Waals surface area contributed by atoms with Gasteiger partial charge in [0.2, 0.25) is 5.91 Å². The number of benzene rings is 2. The number of halogens is 1. The number of nitrogens with one attached hydrogen (secondary N) is 3. The van der Waals surface area contributed by atoms with Crippen LogP contribution < -0.4 is 16.0 Å². The van der Waals surface area contributed by atoms with Crippen molar-refractivity contribution in [3.63, 3.8) is 0 Å². The van der Waals surface area contributed by atoms with E-state index in [0.29, 0.717) is 12.0 Å². The summed E-state index contributed by atoms with van der Waals surface area (Å²) in [6.45, 7) is 7.21. The van der Waals surface area contributed by atoms with Crippen molar-refractivity contribution < 1.29 is 33.0 Å². The highest BCUT2D eigenvalue weighted by molar-refractivity contribution is 5.94. The van der Waals surface area contributed by atoms with Crippen molar-refractivity contribution in [2.45, 2.75) is 64.6 Å². The molecule has 2 aromatic carbocycles. The fraction of sp³-hybridized carbons (Fsp3) is 0.429. The van der Waals surface area contributed by atoms with Crippen LogP contribution in [0.4, 0.5) is 9.18 Å². The molecule has 0 radical (unpaired) electrons. The molecule has 3 N–H and O–H groups in total. The SMILES string of the molecule is CCCC(NC(=O)C(NC(=O)OC(C)(C)C)c1cccc(F)c1)c1ccc(C(=O)NCCC(=O)OC)cc1. The molecule has 38 heavy (non-hydrogen) atoms. The van der Waals surface area contributed by atoms with Crippen LogP contribution in [-0.2, 0) is 19.1 Å². The highest BCUT2D eigenvalue weighted by Crippen LogP contribution is 2.23. The van der Waals surface area contributed by atoms with Gasteiger partial charge in [0.05, 0.1) is 19.6 Å². The molecule has 2 aromatic rings. The van der Waals surface area contributed by atoms with Crippen molar-refractivity contribution in [3.8, 4) is 0 Å². The molecule has 2 atom stereocenters. The van der Waals surface area contributed by atoms with Gasteiger partial charge in [0, 0.05) is 12.1 Å². The number of hydrogen-bond donors (Lipinski definition) is 3. The summed E-state index contributed by atoms with van der Waals surface area (Å²) in [5.74, 6) is -1.85. The molecule has 3 amide bonds. The fourth-order valence-electron chi connectivity index (χ4n) is 3.63. The van der Waals surface area contributed by atoms with E-state index in [2.05, 4.69) is 20.7 Å². The molecule has 0 saturated heterocycles. The summed E-state index contributed by atoms with van der Waals surface area (Å²) in [5.41, 5.74) is 0.624.